The van der Waals surface area contributed by atoms with Crippen molar-refractivity contribution in [3.63, 3.8) is 0 Å². The molecule has 1 N–H and O–H groups in total. The molecule has 0 amide bonds. The van der Waals surface area contributed by atoms with Crippen molar-refractivity contribution in [2.24, 2.45) is 0 Å². The summed E-state index contributed by atoms with van der Waals surface area (Å²) in [4.78, 5) is 17.2. The first-order valence-electron chi connectivity index (χ1n) is 10.3. The first-order valence-corrected chi connectivity index (χ1v) is 11.1. The lowest BCUT2D eigenvalue weighted by Gasteiger charge is -2.28. The Bertz CT molecular complexity index is 1270. The van der Waals surface area contributed by atoms with Crippen LogP contribution in [0, 0.1) is 5.82 Å². The summed E-state index contributed by atoms with van der Waals surface area (Å²) in [5.74, 6) is 0.422. The molecule has 0 saturated heterocycles. The fraction of sp³-hybridized carbons (Fsp3) is 0.208. The topological polar surface area (TPSA) is 87.5 Å². The van der Waals surface area contributed by atoms with E-state index in [9.17, 15) is 9.18 Å². The number of hydrogen-bond acceptors (Lipinski definition) is 7. The SMILES string of the molecule is C=CCOC(=O)C1=C(C)Nc2ncnn2C1c1cc(Br)c(OCc2ccccc2F)c(OC)c1. The van der Waals surface area contributed by atoms with Crippen LogP contribution in [0.2, 0.25) is 0 Å². The number of rotatable bonds is 8. The van der Waals surface area contributed by atoms with E-state index in [2.05, 4.69) is 37.9 Å². The van der Waals surface area contributed by atoms with E-state index in [0.29, 0.717) is 44.3 Å². The smallest absolute Gasteiger partial charge is 0.338 e. The maximum Gasteiger partial charge on any atom is 0.338 e. The predicted octanol–water partition coefficient (Wildman–Crippen LogP) is 4.79. The molecule has 0 radical (unpaired) electrons. The molecular weight excluding hydrogens is 507 g/mol. The van der Waals surface area contributed by atoms with E-state index in [1.807, 2.05) is 0 Å². The maximum absolute atomic E-state index is 14.0. The van der Waals surface area contributed by atoms with E-state index in [0.717, 1.165) is 0 Å². The molecule has 0 saturated carbocycles. The van der Waals surface area contributed by atoms with E-state index in [4.69, 9.17) is 14.2 Å². The Morgan fingerprint density at radius 3 is 2.88 bits per heavy atom. The Balaban J connectivity index is 1.73. The molecule has 0 bridgehead atoms. The second kappa shape index (κ2) is 10.1. The molecule has 0 aliphatic carbocycles. The van der Waals surface area contributed by atoms with Gasteiger partial charge in [-0.25, -0.2) is 13.9 Å². The lowest BCUT2D eigenvalue weighted by Crippen LogP contribution is -2.29. The number of anilines is 1. The van der Waals surface area contributed by atoms with Gasteiger partial charge in [0.1, 0.15) is 31.4 Å². The highest BCUT2D eigenvalue weighted by Crippen LogP contribution is 2.43. The number of carbonyl (C=O) groups excluding carboxylic acids is 1. The monoisotopic (exact) mass is 528 g/mol. The third-order valence-corrected chi connectivity index (χ3v) is 5.83. The second-order valence-electron chi connectivity index (χ2n) is 7.40. The van der Waals surface area contributed by atoms with Crippen molar-refractivity contribution >= 4 is 27.8 Å². The number of fused-ring (bicyclic) bond motifs is 1. The third-order valence-electron chi connectivity index (χ3n) is 5.24. The number of aromatic nitrogens is 3. The molecule has 2 heterocycles. The van der Waals surface area contributed by atoms with Gasteiger partial charge < -0.3 is 19.5 Å². The Labute approximate surface area is 204 Å². The molecule has 8 nitrogen and oxygen atoms in total. The van der Waals surface area contributed by atoms with Gasteiger partial charge in [-0.2, -0.15) is 10.1 Å². The van der Waals surface area contributed by atoms with Crippen LogP contribution in [0.3, 0.4) is 0 Å². The van der Waals surface area contributed by atoms with Crippen molar-refractivity contribution in [1.82, 2.24) is 14.8 Å². The molecule has 34 heavy (non-hydrogen) atoms. The van der Waals surface area contributed by atoms with Crippen molar-refractivity contribution < 1.29 is 23.4 Å². The number of benzene rings is 2. The summed E-state index contributed by atoms with van der Waals surface area (Å²) in [5, 5.41) is 7.39. The molecule has 2 aromatic carbocycles. The van der Waals surface area contributed by atoms with Gasteiger partial charge in [0.2, 0.25) is 5.95 Å². The molecule has 3 aromatic rings. The van der Waals surface area contributed by atoms with Gasteiger partial charge in [-0.15, -0.1) is 0 Å². The molecule has 1 aliphatic heterocycles. The van der Waals surface area contributed by atoms with Gasteiger partial charge in [-0.3, -0.25) is 0 Å². The highest BCUT2D eigenvalue weighted by molar-refractivity contribution is 9.10. The molecule has 1 aromatic heterocycles. The first kappa shape index (κ1) is 23.5. The number of nitrogens with zero attached hydrogens (tertiary/aromatic N) is 3. The zero-order valence-electron chi connectivity index (χ0n) is 18.5. The predicted molar refractivity (Wildman–Crippen MR) is 127 cm³/mol. The lowest BCUT2D eigenvalue weighted by atomic mass is 9.95. The Morgan fingerprint density at radius 1 is 1.35 bits per heavy atom. The van der Waals surface area contributed by atoms with E-state index in [1.54, 1.807) is 41.9 Å². The fourth-order valence-corrected chi connectivity index (χ4v) is 4.25. The van der Waals surface area contributed by atoms with Crippen molar-refractivity contribution in [2.75, 3.05) is 19.0 Å². The van der Waals surface area contributed by atoms with Crippen molar-refractivity contribution in [3.05, 3.63) is 88.1 Å². The average Bonchev–Trinajstić information content (AvgIpc) is 3.29. The van der Waals surface area contributed by atoms with Crippen molar-refractivity contribution in [1.29, 1.82) is 0 Å². The van der Waals surface area contributed by atoms with Crippen LogP contribution in [-0.4, -0.2) is 34.5 Å². The van der Waals surface area contributed by atoms with E-state index in [-0.39, 0.29) is 19.0 Å². The van der Waals surface area contributed by atoms with Crippen LogP contribution in [0.25, 0.3) is 0 Å². The molecule has 1 unspecified atom stereocenters. The minimum Gasteiger partial charge on any atom is -0.493 e. The van der Waals surface area contributed by atoms with Gasteiger partial charge in [-0.05, 0) is 46.6 Å². The van der Waals surface area contributed by atoms with Gasteiger partial charge in [-0.1, -0.05) is 30.9 Å². The van der Waals surface area contributed by atoms with Crippen molar-refractivity contribution in [3.8, 4) is 11.5 Å². The first-order chi connectivity index (χ1) is 16.4. The number of esters is 1. The molecule has 1 atom stereocenters. The molecule has 0 spiro atoms. The third kappa shape index (κ3) is 4.54. The van der Waals surface area contributed by atoms with Gasteiger partial charge in [0, 0.05) is 11.3 Å². The van der Waals surface area contributed by atoms with E-state index < -0.39 is 12.0 Å². The van der Waals surface area contributed by atoms with Gasteiger partial charge >= 0.3 is 5.97 Å². The minimum absolute atomic E-state index is 0.0136. The van der Waals surface area contributed by atoms with Gasteiger partial charge in [0.15, 0.2) is 11.5 Å². The fourth-order valence-electron chi connectivity index (χ4n) is 3.68. The number of nitrogens with one attached hydrogen (secondary N) is 1. The van der Waals surface area contributed by atoms with Crippen LogP contribution in [-0.2, 0) is 16.1 Å². The zero-order valence-corrected chi connectivity index (χ0v) is 20.1. The Hall–Kier alpha value is -3.66. The van der Waals surface area contributed by atoms with Crippen LogP contribution in [0.15, 0.2) is 71.1 Å². The normalized spacial score (nSPS) is 14.8. The number of carbonyl (C=O) groups is 1. The lowest BCUT2D eigenvalue weighted by molar-refractivity contribution is -0.138. The highest BCUT2D eigenvalue weighted by atomic mass is 79.9. The molecule has 10 heteroatoms. The van der Waals surface area contributed by atoms with Gasteiger partial charge in [0.25, 0.3) is 0 Å². The standard InChI is InChI=1S/C24H22BrFN4O4/c1-4-9-33-23(31)20-14(2)29-24-27-13-28-30(24)21(20)16-10-17(25)22(19(11-16)32-3)34-12-15-7-5-6-8-18(15)26/h4-8,10-11,13,21H,1,9,12H2,2-3H3,(H,27,28,29). The summed E-state index contributed by atoms with van der Waals surface area (Å²) in [6, 6.07) is 9.30. The number of methoxy groups -OCH3 is 1. The van der Waals surface area contributed by atoms with Crippen LogP contribution >= 0.6 is 15.9 Å². The number of allylic oxidation sites excluding steroid dienone is 1. The maximum atomic E-state index is 14.0. The van der Waals surface area contributed by atoms with E-state index in [1.165, 1.54) is 25.6 Å². The summed E-state index contributed by atoms with van der Waals surface area (Å²) in [6.07, 6.45) is 2.90. The minimum atomic E-state index is -0.637. The summed E-state index contributed by atoms with van der Waals surface area (Å²) < 4.78 is 33.0. The quantitative estimate of drug-likeness (QED) is 0.332. The van der Waals surface area contributed by atoms with E-state index >= 15 is 0 Å². The highest BCUT2D eigenvalue weighted by Gasteiger charge is 2.35. The molecule has 176 valence electrons. The Kier molecular flexibility index (Phi) is 6.97. The summed E-state index contributed by atoms with van der Waals surface area (Å²) in [7, 11) is 1.51. The van der Waals surface area contributed by atoms with Gasteiger partial charge in [0.05, 0.1) is 17.2 Å². The molecular formula is C24H22BrFN4O4. The largest absolute Gasteiger partial charge is 0.493 e. The summed E-state index contributed by atoms with van der Waals surface area (Å²) in [6.45, 7) is 5.45. The zero-order chi connectivity index (χ0) is 24.2. The summed E-state index contributed by atoms with van der Waals surface area (Å²) >= 11 is 3.54. The number of halogens is 2. The average molecular weight is 529 g/mol. The van der Waals surface area contributed by atoms with Crippen molar-refractivity contribution in [2.45, 2.75) is 19.6 Å². The Morgan fingerprint density at radius 2 is 2.15 bits per heavy atom. The van der Waals surface area contributed by atoms with Crippen LogP contribution < -0.4 is 14.8 Å². The van der Waals surface area contributed by atoms with Crippen LogP contribution in [0.5, 0.6) is 11.5 Å². The summed E-state index contributed by atoms with van der Waals surface area (Å²) in [5.41, 5.74) is 2.06. The number of ether oxygens (including phenoxy) is 3. The molecule has 0 fully saturated rings. The number of hydrogen-bond donors (Lipinski definition) is 1. The molecule has 1 aliphatic rings. The van der Waals surface area contributed by atoms with Crippen LogP contribution in [0.4, 0.5) is 10.3 Å². The second-order valence-corrected chi connectivity index (χ2v) is 8.25. The van der Waals surface area contributed by atoms with Crippen LogP contribution in [0.1, 0.15) is 24.1 Å². The molecule has 4 rings (SSSR count).